The molecule has 1 aliphatic heterocycles. The Hall–Kier alpha value is -1.23. The van der Waals surface area contributed by atoms with Crippen LogP contribution < -0.4 is 5.32 Å². The van der Waals surface area contributed by atoms with Gasteiger partial charge in [-0.05, 0) is 49.9 Å². The average Bonchev–Trinajstić information content (AvgIpc) is 2.87. The quantitative estimate of drug-likeness (QED) is 0.816. The molecule has 0 aliphatic carbocycles. The number of ether oxygens (including phenoxy) is 1. The maximum absolute atomic E-state index is 12.4. The number of hydrogen-bond donors (Lipinski definition) is 1. The van der Waals surface area contributed by atoms with Gasteiger partial charge in [-0.3, -0.25) is 0 Å². The van der Waals surface area contributed by atoms with E-state index in [4.69, 9.17) is 4.74 Å². The molecule has 1 unspecified atom stereocenters. The number of rotatable bonds is 5. The van der Waals surface area contributed by atoms with Gasteiger partial charge in [0.2, 0.25) is 0 Å². The number of halogens is 3. The van der Waals surface area contributed by atoms with Gasteiger partial charge in [0.1, 0.15) is 0 Å². The van der Waals surface area contributed by atoms with Gasteiger partial charge in [0.15, 0.2) is 0 Å². The highest BCUT2D eigenvalue weighted by Crippen LogP contribution is 2.29. The van der Waals surface area contributed by atoms with Crippen LogP contribution in [0.25, 0.3) is 0 Å². The lowest BCUT2D eigenvalue weighted by Gasteiger charge is -2.11. The zero-order chi connectivity index (χ0) is 13.7. The van der Waals surface area contributed by atoms with Crippen molar-refractivity contribution in [2.24, 2.45) is 0 Å². The molecule has 0 aromatic heterocycles. The minimum absolute atomic E-state index is 0.370. The van der Waals surface area contributed by atoms with E-state index < -0.39 is 11.7 Å². The van der Waals surface area contributed by atoms with Crippen LogP contribution in [0.3, 0.4) is 0 Å². The molecule has 0 spiro atoms. The van der Waals surface area contributed by atoms with Gasteiger partial charge in [-0.1, -0.05) is 0 Å². The summed E-state index contributed by atoms with van der Waals surface area (Å²) in [5, 5.41) is 3.12. The Balaban J connectivity index is 1.71. The highest BCUT2D eigenvalue weighted by molar-refractivity contribution is 5.45. The maximum atomic E-state index is 12.4. The van der Waals surface area contributed by atoms with Crippen molar-refractivity contribution in [1.82, 2.24) is 0 Å². The lowest BCUT2D eigenvalue weighted by molar-refractivity contribution is -0.137. The molecule has 1 aromatic carbocycles. The van der Waals surface area contributed by atoms with E-state index in [1.54, 1.807) is 0 Å². The first-order valence-corrected chi connectivity index (χ1v) is 6.58. The summed E-state index contributed by atoms with van der Waals surface area (Å²) in [4.78, 5) is 0. The summed E-state index contributed by atoms with van der Waals surface area (Å²) in [5.41, 5.74) is 0.109. The van der Waals surface area contributed by atoms with Crippen LogP contribution in [0, 0.1) is 0 Å². The highest BCUT2D eigenvalue weighted by atomic mass is 19.4. The highest BCUT2D eigenvalue weighted by Gasteiger charge is 2.29. The second-order valence-electron chi connectivity index (χ2n) is 4.78. The topological polar surface area (TPSA) is 21.3 Å². The van der Waals surface area contributed by atoms with Crippen molar-refractivity contribution in [2.75, 3.05) is 18.5 Å². The van der Waals surface area contributed by atoms with E-state index in [1.165, 1.54) is 12.1 Å². The second-order valence-corrected chi connectivity index (χ2v) is 4.78. The van der Waals surface area contributed by atoms with E-state index in [-0.39, 0.29) is 0 Å². The van der Waals surface area contributed by atoms with E-state index in [9.17, 15) is 13.2 Å². The summed E-state index contributed by atoms with van der Waals surface area (Å²) in [6, 6.07) is 5.13. The van der Waals surface area contributed by atoms with Crippen molar-refractivity contribution in [3.8, 4) is 0 Å². The molecule has 1 N–H and O–H groups in total. The zero-order valence-electron chi connectivity index (χ0n) is 10.7. The molecule has 0 radical (unpaired) electrons. The molecule has 0 amide bonds. The fourth-order valence-electron chi connectivity index (χ4n) is 2.21. The van der Waals surface area contributed by atoms with Crippen LogP contribution in [0.4, 0.5) is 18.9 Å². The molecule has 1 aliphatic rings. The summed E-state index contributed by atoms with van der Waals surface area (Å²) >= 11 is 0. The minimum Gasteiger partial charge on any atom is -0.385 e. The number of anilines is 1. The van der Waals surface area contributed by atoms with Gasteiger partial charge >= 0.3 is 6.18 Å². The Morgan fingerprint density at radius 2 is 1.95 bits per heavy atom. The second kappa shape index (κ2) is 6.28. The molecule has 1 aromatic rings. The molecule has 2 nitrogen and oxygen atoms in total. The van der Waals surface area contributed by atoms with Gasteiger partial charge in [-0.25, -0.2) is 0 Å². The van der Waals surface area contributed by atoms with Crippen molar-refractivity contribution in [3.05, 3.63) is 29.8 Å². The molecule has 0 bridgehead atoms. The zero-order valence-corrected chi connectivity index (χ0v) is 10.7. The van der Waals surface area contributed by atoms with Crippen molar-refractivity contribution in [3.63, 3.8) is 0 Å². The smallest absolute Gasteiger partial charge is 0.385 e. The third kappa shape index (κ3) is 4.42. The van der Waals surface area contributed by atoms with Crippen molar-refractivity contribution < 1.29 is 17.9 Å². The largest absolute Gasteiger partial charge is 0.416 e. The van der Waals surface area contributed by atoms with Gasteiger partial charge in [-0.15, -0.1) is 0 Å². The van der Waals surface area contributed by atoms with Crippen LogP contribution in [0.5, 0.6) is 0 Å². The lowest BCUT2D eigenvalue weighted by Crippen LogP contribution is -2.09. The molecule has 0 saturated carbocycles. The van der Waals surface area contributed by atoms with Crippen LogP contribution in [-0.4, -0.2) is 19.3 Å². The molecule has 106 valence electrons. The Bertz CT molecular complexity index is 383. The van der Waals surface area contributed by atoms with Gasteiger partial charge in [0.25, 0.3) is 0 Å². The van der Waals surface area contributed by atoms with Gasteiger partial charge in [0.05, 0.1) is 11.7 Å². The average molecular weight is 273 g/mol. The Morgan fingerprint density at radius 1 is 1.21 bits per heavy atom. The summed E-state index contributed by atoms with van der Waals surface area (Å²) in [5.74, 6) is 0. The van der Waals surface area contributed by atoms with E-state index in [0.717, 1.165) is 56.7 Å². The van der Waals surface area contributed by atoms with Crippen LogP contribution in [-0.2, 0) is 10.9 Å². The number of alkyl halides is 3. The monoisotopic (exact) mass is 273 g/mol. The summed E-state index contributed by atoms with van der Waals surface area (Å²) in [6.45, 7) is 1.61. The Morgan fingerprint density at radius 3 is 2.53 bits per heavy atom. The first kappa shape index (κ1) is 14.2. The Kier molecular flexibility index (Phi) is 4.69. The summed E-state index contributed by atoms with van der Waals surface area (Å²) < 4.78 is 42.6. The molecule has 5 heteroatoms. The number of hydrogen-bond acceptors (Lipinski definition) is 2. The maximum Gasteiger partial charge on any atom is 0.416 e. The van der Waals surface area contributed by atoms with E-state index in [2.05, 4.69) is 5.32 Å². The van der Waals surface area contributed by atoms with Gasteiger partial charge < -0.3 is 10.1 Å². The molecule has 1 atom stereocenters. The van der Waals surface area contributed by atoms with Crippen molar-refractivity contribution in [1.29, 1.82) is 0 Å². The first-order valence-electron chi connectivity index (χ1n) is 6.58. The normalized spacial score (nSPS) is 19.6. The molecular formula is C14H18F3NO. The third-order valence-electron chi connectivity index (χ3n) is 3.27. The molecule has 2 rings (SSSR count). The fraction of sp³-hybridized carbons (Fsp3) is 0.571. The SMILES string of the molecule is FC(F)(F)c1ccc(NCCCC2CCCO2)cc1. The fourth-order valence-corrected chi connectivity index (χ4v) is 2.21. The molecule has 19 heavy (non-hydrogen) atoms. The number of nitrogens with one attached hydrogen (secondary N) is 1. The first-order chi connectivity index (χ1) is 9.05. The van der Waals surface area contributed by atoms with E-state index in [0.29, 0.717) is 6.10 Å². The molecule has 1 heterocycles. The van der Waals surface area contributed by atoms with E-state index >= 15 is 0 Å². The van der Waals surface area contributed by atoms with Crippen LogP contribution in [0.15, 0.2) is 24.3 Å². The third-order valence-corrected chi connectivity index (χ3v) is 3.27. The van der Waals surface area contributed by atoms with Crippen molar-refractivity contribution >= 4 is 5.69 Å². The predicted octanol–water partition coefficient (Wildman–Crippen LogP) is 4.08. The predicted molar refractivity (Wildman–Crippen MR) is 68.1 cm³/mol. The molecular weight excluding hydrogens is 255 g/mol. The summed E-state index contributed by atoms with van der Waals surface area (Å²) in [7, 11) is 0. The lowest BCUT2D eigenvalue weighted by atomic mass is 10.1. The van der Waals surface area contributed by atoms with Crippen LogP contribution in [0.1, 0.15) is 31.2 Å². The van der Waals surface area contributed by atoms with E-state index in [1.807, 2.05) is 0 Å². The minimum atomic E-state index is -4.27. The van der Waals surface area contributed by atoms with Gasteiger partial charge in [-0.2, -0.15) is 13.2 Å². The standard InChI is InChI=1S/C14H18F3NO/c15-14(16,17)11-5-7-12(8-6-11)18-9-1-3-13-4-2-10-19-13/h5-8,13,18H,1-4,9-10H2. The van der Waals surface area contributed by atoms with Crippen LogP contribution >= 0.6 is 0 Å². The van der Waals surface area contributed by atoms with Gasteiger partial charge in [0, 0.05) is 18.8 Å². The van der Waals surface area contributed by atoms with Crippen molar-refractivity contribution in [2.45, 2.75) is 38.0 Å². The molecule has 1 fully saturated rings. The van der Waals surface area contributed by atoms with Crippen LogP contribution in [0.2, 0.25) is 0 Å². The Labute approximate surface area is 111 Å². The molecule has 1 saturated heterocycles. The number of benzene rings is 1. The summed E-state index contributed by atoms with van der Waals surface area (Å²) in [6.07, 6.45) is 0.337.